The van der Waals surface area contributed by atoms with Crippen LogP contribution in [0.3, 0.4) is 0 Å². The van der Waals surface area contributed by atoms with Gasteiger partial charge in [0.1, 0.15) is 0 Å². The van der Waals surface area contributed by atoms with E-state index in [0.29, 0.717) is 21.8 Å². The van der Waals surface area contributed by atoms with Crippen molar-refractivity contribution in [2.75, 3.05) is 11.1 Å². The van der Waals surface area contributed by atoms with E-state index in [4.69, 9.17) is 16.1 Å². The third-order valence-corrected chi connectivity index (χ3v) is 3.93. The Labute approximate surface area is 142 Å². The number of nitrogens with one attached hydrogen (secondary N) is 1. The van der Waals surface area contributed by atoms with E-state index in [9.17, 15) is 4.79 Å². The third kappa shape index (κ3) is 4.34. The van der Waals surface area contributed by atoms with E-state index in [1.165, 1.54) is 11.8 Å². The topological polar surface area (TPSA) is 68.0 Å². The van der Waals surface area contributed by atoms with Crippen molar-refractivity contribution in [1.29, 1.82) is 0 Å². The summed E-state index contributed by atoms with van der Waals surface area (Å²) < 4.78 is 5.14. The van der Waals surface area contributed by atoms with Crippen molar-refractivity contribution in [2.24, 2.45) is 0 Å². The molecule has 7 heteroatoms. The number of carbonyl (C=O) groups is 1. The zero-order valence-corrected chi connectivity index (χ0v) is 13.5. The quantitative estimate of drug-likeness (QED) is 0.704. The zero-order valence-electron chi connectivity index (χ0n) is 11.9. The molecule has 0 aliphatic carbocycles. The van der Waals surface area contributed by atoms with E-state index >= 15 is 0 Å². The van der Waals surface area contributed by atoms with Gasteiger partial charge in [-0.3, -0.25) is 4.79 Å². The molecule has 1 aromatic heterocycles. The maximum Gasteiger partial charge on any atom is 0.286 e. The Morgan fingerprint density at radius 1 is 1.17 bits per heavy atom. The number of hydrogen-bond donors (Lipinski definition) is 1. The number of hydrogen-bond acceptors (Lipinski definition) is 5. The van der Waals surface area contributed by atoms with Crippen LogP contribution in [0.1, 0.15) is 0 Å². The summed E-state index contributed by atoms with van der Waals surface area (Å²) >= 11 is 7.05. The smallest absolute Gasteiger partial charge is 0.286 e. The van der Waals surface area contributed by atoms with Crippen molar-refractivity contribution in [3.63, 3.8) is 0 Å². The Kier molecular flexibility index (Phi) is 4.95. The average molecular weight is 346 g/mol. The number of anilines is 1. The minimum atomic E-state index is -0.170. The molecule has 0 atom stereocenters. The third-order valence-electron chi connectivity index (χ3n) is 2.87. The van der Waals surface area contributed by atoms with E-state index in [1.807, 2.05) is 30.3 Å². The number of halogens is 1. The SMILES string of the molecule is O=C(CSc1nc(-c2ccccc2)no1)Nc1cccc(Cl)c1. The maximum absolute atomic E-state index is 11.9. The second-order valence-electron chi connectivity index (χ2n) is 4.60. The highest BCUT2D eigenvalue weighted by Gasteiger charge is 2.11. The van der Waals surface area contributed by atoms with E-state index in [0.717, 1.165) is 5.56 Å². The van der Waals surface area contributed by atoms with Gasteiger partial charge in [-0.15, -0.1) is 0 Å². The first-order valence-corrected chi connectivity index (χ1v) is 8.14. The molecule has 0 fully saturated rings. The fourth-order valence-electron chi connectivity index (χ4n) is 1.86. The number of carbonyl (C=O) groups excluding carboxylic acids is 1. The fourth-order valence-corrected chi connectivity index (χ4v) is 2.62. The van der Waals surface area contributed by atoms with Gasteiger partial charge in [0, 0.05) is 16.3 Å². The van der Waals surface area contributed by atoms with Gasteiger partial charge in [-0.05, 0) is 18.2 Å². The predicted molar refractivity (Wildman–Crippen MR) is 90.5 cm³/mol. The summed E-state index contributed by atoms with van der Waals surface area (Å²) in [6.07, 6.45) is 0. The molecular formula is C16H12ClN3O2S. The molecule has 3 aromatic rings. The van der Waals surface area contributed by atoms with Crippen molar-refractivity contribution in [2.45, 2.75) is 5.22 Å². The van der Waals surface area contributed by atoms with Crippen molar-refractivity contribution < 1.29 is 9.32 Å². The van der Waals surface area contributed by atoms with Gasteiger partial charge < -0.3 is 9.84 Å². The molecule has 2 aromatic carbocycles. The molecule has 0 unspecified atom stereocenters. The molecule has 116 valence electrons. The van der Waals surface area contributed by atoms with Crippen LogP contribution in [-0.2, 0) is 4.79 Å². The molecule has 1 amide bonds. The zero-order chi connectivity index (χ0) is 16.1. The highest BCUT2D eigenvalue weighted by molar-refractivity contribution is 7.99. The molecule has 23 heavy (non-hydrogen) atoms. The number of rotatable bonds is 5. The number of nitrogens with zero attached hydrogens (tertiary/aromatic N) is 2. The minimum absolute atomic E-state index is 0.170. The Hall–Kier alpha value is -2.31. The molecule has 0 saturated carbocycles. The largest absolute Gasteiger partial charge is 0.327 e. The van der Waals surface area contributed by atoms with Gasteiger partial charge in [-0.2, -0.15) is 4.98 Å². The van der Waals surface area contributed by atoms with Crippen LogP contribution in [0.15, 0.2) is 64.3 Å². The van der Waals surface area contributed by atoms with E-state index in [2.05, 4.69) is 15.5 Å². The predicted octanol–water partition coefficient (Wildman–Crippen LogP) is 4.12. The number of aromatic nitrogens is 2. The lowest BCUT2D eigenvalue weighted by Gasteiger charge is -2.03. The molecular weight excluding hydrogens is 334 g/mol. The normalized spacial score (nSPS) is 10.5. The van der Waals surface area contributed by atoms with Crippen LogP contribution in [0.25, 0.3) is 11.4 Å². The molecule has 1 N–H and O–H groups in total. The molecule has 0 radical (unpaired) electrons. The standard InChI is InChI=1S/C16H12ClN3O2S/c17-12-7-4-8-13(9-12)18-14(21)10-23-16-19-15(20-22-16)11-5-2-1-3-6-11/h1-9H,10H2,(H,18,21). The summed E-state index contributed by atoms with van der Waals surface area (Å²) in [5.41, 5.74) is 1.52. The lowest BCUT2D eigenvalue weighted by molar-refractivity contribution is -0.113. The van der Waals surface area contributed by atoms with Crippen LogP contribution >= 0.6 is 23.4 Å². The summed E-state index contributed by atoms with van der Waals surface area (Å²) in [4.78, 5) is 16.2. The summed E-state index contributed by atoms with van der Waals surface area (Å²) in [5.74, 6) is 0.503. The first kappa shape index (κ1) is 15.6. The highest BCUT2D eigenvalue weighted by Crippen LogP contribution is 2.21. The molecule has 0 aliphatic heterocycles. The first-order valence-electron chi connectivity index (χ1n) is 6.78. The van der Waals surface area contributed by atoms with E-state index in [1.54, 1.807) is 24.3 Å². The second kappa shape index (κ2) is 7.30. The summed E-state index contributed by atoms with van der Waals surface area (Å²) in [5, 5.41) is 7.58. The summed E-state index contributed by atoms with van der Waals surface area (Å²) in [7, 11) is 0. The van der Waals surface area contributed by atoms with Crippen molar-refractivity contribution in [3.05, 3.63) is 59.6 Å². The first-order chi connectivity index (χ1) is 11.2. The minimum Gasteiger partial charge on any atom is -0.327 e. The summed E-state index contributed by atoms with van der Waals surface area (Å²) in [6, 6.07) is 16.5. The fraction of sp³-hybridized carbons (Fsp3) is 0.0625. The van der Waals surface area contributed by atoms with Crippen LogP contribution in [0.5, 0.6) is 0 Å². The molecule has 3 rings (SSSR count). The van der Waals surface area contributed by atoms with Gasteiger partial charge in [0.25, 0.3) is 5.22 Å². The van der Waals surface area contributed by atoms with Gasteiger partial charge in [-0.1, -0.05) is 64.9 Å². The Bertz CT molecular complexity index is 808. The van der Waals surface area contributed by atoms with Crippen LogP contribution in [0, 0.1) is 0 Å². The van der Waals surface area contributed by atoms with Crippen LogP contribution < -0.4 is 5.32 Å². The Morgan fingerprint density at radius 2 is 2.00 bits per heavy atom. The van der Waals surface area contributed by atoms with Gasteiger partial charge in [0.15, 0.2) is 0 Å². The van der Waals surface area contributed by atoms with E-state index in [-0.39, 0.29) is 11.7 Å². The molecule has 0 spiro atoms. The molecule has 0 saturated heterocycles. The lowest BCUT2D eigenvalue weighted by atomic mass is 10.2. The lowest BCUT2D eigenvalue weighted by Crippen LogP contribution is -2.13. The van der Waals surface area contributed by atoms with Crippen LogP contribution in [0.4, 0.5) is 5.69 Å². The van der Waals surface area contributed by atoms with Crippen LogP contribution in [0.2, 0.25) is 5.02 Å². The Balaban J connectivity index is 1.56. The number of thioether (sulfide) groups is 1. The monoisotopic (exact) mass is 345 g/mol. The van der Waals surface area contributed by atoms with Crippen molar-refractivity contribution >= 4 is 35.0 Å². The molecule has 1 heterocycles. The second-order valence-corrected chi connectivity index (χ2v) is 5.96. The molecule has 5 nitrogen and oxygen atoms in total. The van der Waals surface area contributed by atoms with Gasteiger partial charge in [0.05, 0.1) is 5.75 Å². The van der Waals surface area contributed by atoms with Gasteiger partial charge in [-0.25, -0.2) is 0 Å². The van der Waals surface area contributed by atoms with Gasteiger partial charge in [0.2, 0.25) is 11.7 Å². The van der Waals surface area contributed by atoms with Crippen molar-refractivity contribution in [3.8, 4) is 11.4 Å². The summed E-state index contributed by atoms with van der Waals surface area (Å²) in [6.45, 7) is 0. The van der Waals surface area contributed by atoms with Gasteiger partial charge >= 0.3 is 0 Å². The van der Waals surface area contributed by atoms with Crippen molar-refractivity contribution in [1.82, 2.24) is 10.1 Å². The average Bonchev–Trinajstić information content (AvgIpc) is 3.03. The molecule has 0 bridgehead atoms. The highest BCUT2D eigenvalue weighted by atomic mass is 35.5. The molecule has 0 aliphatic rings. The maximum atomic E-state index is 11.9. The number of benzene rings is 2. The van der Waals surface area contributed by atoms with E-state index < -0.39 is 0 Å². The Morgan fingerprint density at radius 3 is 2.78 bits per heavy atom. The number of amides is 1. The van der Waals surface area contributed by atoms with Crippen LogP contribution in [-0.4, -0.2) is 21.8 Å².